The minimum atomic E-state index is 0.260. The summed E-state index contributed by atoms with van der Waals surface area (Å²) in [5.41, 5.74) is 0.856. The lowest BCUT2D eigenvalue weighted by molar-refractivity contribution is 0.174. The minimum Gasteiger partial charge on any atom is -0.454 e. The quantitative estimate of drug-likeness (QED) is 0.881. The fourth-order valence-corrected chi connectivity index (χ4v) is 1.83. The number of nitrogens with one attached hydrogen (secondary N) is 1. The van der Waals surface area contributed by atoms with E-state index in [0.29, 0.717) is 12.6 Å². The highest BCUT2D eigenvalue weighted by atomic mass is 16.7. The Kier molecular flexibility index (Phi) is 3.04. The van der Waals surface area contributed by atoms with E-state index >= 15 is 0 Å². The van der Waals surface area contributed by atoms with Crippen molar-refractivity contribution in [2.24, 2.45) is 0 Å². The Morgan fingerprint density at radius 1 is 1.32 bits per heavy atom. The molecule has 1 aliphatic rings. The Labute approximate surface area is 110 Å². The second kappa shape index (κ2) is 4.85. The molecule has 3 rings (SSSR count). The van der Waals surface area contributed by atoms with E-state index in [2.05, 4.69) is 34.7 Å². The third-order valence-electron chi connectivity index (χ3n) is 2.80. The van der Waals surface area contributed by atoms with E-state index < -0.39 is 0 Å². The molecule has 0 radical (unpaired) electrons. The van der Waals surface area contributed by atoms with Crippen LogP contribution in [0.1, 0.15) is 19.7 Å². The molecule has 7 heteroatoms. The first-order valence-corrected chi connectivity index (χ1v) is 6.14. The van der Waals surface area contributed by atoms with Crippen molar-refractivity contribution in [1.29, 1.82) is 0 Å². The van der Waals surface area contributed by atoms with E-state index in [9.17, 15) is 0 Å². The second-order valence-corrected chi connectivity index (χ2v) is 4.58. The van der Waals surface area contributed by atoms with Crippen LogP contribution in [0.5, 0.6) is 11.5 Å². The fraction of sp³-hybridized carbons (Fsp3) is 0.417. The zero-order valence-corrected chi connectivity index (χ0v) is 10.8. The molecule has 100 valence electrons. The Bertz CT molecular complexity index is 581. The number of benzene rings is 1. The number of hydrogen-bond acceptors (Lipinski definition) is 6. The van der Waals surface area contributed by atoms with Crippen LogP contribution in [0, 0.1) is 0 Å². The number of hydrogen-bond donors (Lipinski definition) is 1. The molecule has 0 saturated heterocycles. The van der Waals surface area contributed by atoms with E-state index in [-0.39, 0.29) is 6.79 Å². The monoisotopic (exact) mass is 261 g/mol. The van der Waals surface area contributed by atoms with Gasteiger partial charge in [0.15, 0.2) is 17.3 Å². The zero-order chi connectivity index (χ0) is 13.2. The van der Waals surface area contributed by atoms with Crippen molar-refractivity contribution in [1.82, 2.24) is 25.5 Å². The van der Waals surface area contributed by atoms with Gasteiger partial charge in [0.05, 0.1) is 12.2 Å². The number of aromatic nitrogens is 4. The number of nitrogens with zero attached hydrogens (tertiary/aromatic N) is 4. The zero-order valence-electron chi connectivity index (χ0n) is 10.8. The Morgan fingerprint density at radius 3 is 3.00 bits per heavy atom. The molecule has 0 aliphatic carbocycles. The van der Waals surface area contributed by atoms with E-state index in [4.69, 9.17) is 9.47 Å². The van der Waals surface area contributed by atoms with Crippen molar-refractivity contribution >= 4 is 0 Å². The van der Waals surface area contributed by atoms with Crippen molar-refractivity contribution in [2.75, 3.05) is 6.79 Å². The number of rotatable bonds is 4. The van der Waals surface area contributed by atoms with E-state index in [0.717, 1.165) is 23.0 Å². The fourth-order valence-electron chi connectivity index (χ4n) is 1.83. The van der Waals surface area contributed by atoms with Gasteiger partial charge in [0, 0.05) is 12.1 Å². The number of fused-ring (bicyclic) bond motifs is 1. The molecule has 2 aromatic rings. The molecular weight excluding hydrogens is 246 g/mol. The van der Waals surface area contributed by atoms with Gasteiger partial charge in [0.2, 0.25) is 6.79 Å². The summed E-state index contributed by atoms with van der Waals surface area (Å²) in [6.07, 6.45) is 0. The molecule has 1 aliphatic heterocycles. The van der Waals surface area contributed by atoms with Crippen LogP contribution >= 0.6 is 0 Å². The third-order valence-corrected chi connectivity index (χ3v) is 2.80. The molecule has 0 atom stereocenters. The molecule has 0 spiro atoms. The molecule has 0 unspecified atom stereocenters. The van der Waals surface area contributed by atoms with Crippen LogP contribution in [0.15, 0.2) is 18.2 Å². The van der Waals surface area contributed by atoms with Crippen molar-refractivity contribution < 1.29 is 9.47 Å². The van der Waals surface area contributed by atoms with Gasteiger partial charge in [0.25, 0.3) is 0 Å². The first-order valence-electron chi connectivity index (χ1n) is 6.14. The molecule has 1 N–H and O–H groups in total. The summed E-state index contributed by atoms with van der Waals surface area (Å²) in [5.74, 6) is 2.22. The molecule has 1 aromatic heterocycles. The van der Waals surface area contributed by atoms with Gasteiger partial charge in [-0.3, -0.25) is 0 Å². The van der Waals surface area contributed by atoms with E-state index in [1.54, 1.807) is 4.68 Å². The molecule has 0 bridgehead atoms. The molecule has 0 amide bonds. The lowest BCUT2D eigenvalue weighted by Crippen LogP contribution is -2.24. The third kappa shape index (κ3) is 2.37. The van der Waals surface area contributed by atoms with Crippen LogP contribution in [-0.2, 0) is 6.54 Å². The van der Waals surface area contributed by atoms with Gasteiger partial charge < -0.3 is 14.8 Å². The van der Waals surface area contributed by atoms with Crippen LogP contribution in [0.4, 0.5) is 0 Å². The molecular formula is C12H15N5O2. The van der Waals surface area contributed by atoms with Gasteiger partial charge in [-0.25, -0.2) is 0 Å². The average molecular weight is 261 g/mol. The summed E-state index contributed by atoms with van der Waals surface area (Å²) in [6.45, 7) is 5.03. The number of ether oxygens (including phenoxy) is 2. The lowest BCUT2D eigenvalue weighted by atomic mass is 10.3. The SMILES string of the molecule is CC(C)NCc1nnnn1-c1ccc2c(c1)OCO2. The van der Waals surface area contributed by atoms with Gasteiger partial charge in [-0.2, -0.15) is 4.68 Å². The van der Waals surface area contributed by atoms with Gasteiger partial charge >= 0.3 is 0 Å². The van der Waals surface area contributed by atoms with Gasteiger partial charge in [0.1, 0.15) is 0 Å². The Balaban J connectivity index is 1.88. The number of tetrazole rings is 1. The van der Waals surface area contributed by atoms with Crippen LogP contribution in [0.3, 0.4) is 0 Å². The van der Waals surface area contributed by atoms with Crippen molar-refractivity contribution in [2.45, 2.75) is 26.4 Å². The molecule has 0 saturated carbocycles. The maximum absolute atomic E-state index is 5.36. The van der Waals surface area contributed by atoms with Gasteiger partial charge in [-0.15, -0.1) is 5.10 Å². The summed E-state index contributed by atoms with van der Waals surface area (Å²) >= 11 is 0. The first-order chi connectivity index (χ1) is 9.24. The topological polar surface area (TPSA) is 74.1 Å². The highest BCUT2D eigenvalue weighted by Gasteiger charge is 2.16. The average Bonchev–Trinajstić information content (AvgIpc) is 3.04. The summed E-state index contributed by atoms with van der Waals surface area (Å²) < 4.78 is 12.3. The lowest BCUT2D eigenvalue weighted by Gasteiger charge is -2.08. The van der Waals surface area contributed by atoms with Crippen molar-refractivity contribution in [3.63, 3.8) is 0 Å². The van der Waals surface area contributed by atoms with E-state index in [1.165, 1.54) is 0 Å². The first kappa shape index (κ1) is 11.9. The predicted molar refractivity (Wildman–Crippen MR) is 67.3 cm³/mol. The molecule has 1 aromatic carbocycles. The Hall–Kier alpha value is -2.15. The predicted octanol–water partition coefficient (Wildman–Crippen LogP) is 0.889. The standard InChI is InChI=1S/C12H15N5O2/c1-8(2)13-6-12-14-15-16-17(12)9-3-4-10-11(5-9)19-7-18-10/h3-5,8,13H,6-7H2,1-2H3. The maximum Gasteiger partial charge on any atom is 0.231 e. The second-order valence-electron chi connectivity index (χ2n) is 4.58. The molecule has 19 heavy (non-hydrogen) atoms. The molecule has 2 heterocycles. The largest absolute Gasteiger partial charge is 0.454 e. The van der Waals surface area contributed by atoms with Crippen molar-refractivity contribution in [3.05, 3.63) is 24.0 Å². The van der Waals surface area contributed by atoms with Gasteiger partial charge in [-0.1, -0.05) is 13.8 Å². The summed E-state index contributed by atoms with van der Waals surface area (Å²) in [4.78, 5) is 0. The highest BCUT2D eigenvalue weighted by molar-refractivity contribution is 5.49. The van der Waals surface area contributed by atoms with Crippen LogP contribution < -0.4 is 14.8 Å². The highest BCUT2D eigenvalue weighted by Crippen LogP contribution is 2.33. The normalized spacial score (nSPS) is 13.2. The minimum absolute atomic E-state index is 0.260. The molecule has 0 fully saturated rings. The maximum atomic E-state index is 5.36. The van der Waals surface area contributed by atoms with E-state index in [1.807, 2.05) is 18.2 Å². The summed E-state index contributed by atoms with van der Waals surface area (Å²) in [6, 6.07) is 6.01. The van der Waals surface area contributed by atoms with Crippen LogP contribution in [0.25, 0.3) is 5.69 Å². The summed E-state index contributed by atoms with van der Waals surface area (Å²) in [7, 11) is 0. The smallest absolute Gasteiger partial charge is 0.231 e. The van der Waals surface area contributed by atoms with Crippen LogP contribution in [0.2, 0.25) is 0 Å². The van der Waals surface area contributed by atoms with Crippen LogP contribution in [-0.4, -0.2) is 33.0 Å². The summed E-state index contributed by atoms with van der Waals surface area (Å²) in [5, 5.41) is 15.0. The van der Waals surface area contributed by atoms with Gasteiger partial charge in [-0.05, 0) is 22.6 Å². The van der Waals surface area contributed by atoms with Crippen molar-refractivity contribution in [3.8, 4) is 17.2 Å². The Morgan fingerprint density at radius 2 is 2.16 bits per heavy atom. The molecule has 7 nitrogen and oxygen atoms in total.